The molecule has 0 spiro atoms. The van der Waals surface area contributed by atoms with Crippen LogP contribution in [0.2, 0.25) is 0 Å². The van der Waals surface area contributed by atoms with Crippen molar-refractivity contribution in [3.8, 4) is 0 Å². The normalized spacial score (nSPS) is 8.11. The Hall–Kier alpha value is 0.687. The molecule has 0 atom stereocenters. The number of rotatable bonds is 1. The molecule has 1 rings (SSSR count). The van der Waals surface area contributed by atoms with Crippen molar-refractivity contribution in [3.05, 3.63) is 30.3 Å². The molecule has 0 aliphatic rings. The Balaban J connectivity index is 0.000000640. The Bertz CT molecular complexity index is 154. The van der Waals surface area contributed by atoms with Crippen LogP contribution in [-0.4, -0.2) is 13.8 Å². The molecule has 0 saturated carbocycles. The molecular weight excluding hydrogens is 190 g/mol. The van der Waals surface area contributed by atoms with Crippen LogP contribution in [0.15, 0.2) is 30.3 Å². The van der Waals surface area contributed by atoms with Gasteiger partial charge in [0.2, 0.25) is 0 Å². The number of hydrogen-bond donors (Lipinski definition) is 0. The van der Waals surface area contributed by atoms with Gasteiger partial charge in [0.1, 0.15) is 0 Å². The molecule has 3 heteroatoms. The van der Waals surface area contributed by atoms with E-state index in [2.05, 4.69) is 12.1 Å². The molecule has 0 bridgehead atoms. The fourth-order valence-electron chi connectivity index (χ4n) is 0.476. The van der Waals surface area contributed by atoms with E-state index < -0.39 is 0 Å². The quantitative estimate of drug-likeness (QED) is 0.352. The van der Waals surface area contributed by atoms with Gasteiger partial charge >= 0.3 is 78.5 Å². The monoisotopic (exact) mass is 196 g/mol. The molecule has 9 heavy (non-hydrogen) atoms. The second kappa shape index (κ2) is 5.47. The molecule has 0 unspecified atom stereocenters. The minimum absolute atomic E-state index is 0. The van der Waals surface area contributed by atoms with Gasteiger partial charge < -0.3 is 0 Å². The van der Waals surface area contributed by atoms with Crippen molar-refractivity contribution in [2.75, 3.05) is 0 Å². The Morgan fingerprint density at radius 1 is 1.11 bits per heavy atom. The van der Waals surface area contributed by atoms with Gasteiger partial charge in [0.05, 0.1) is 0 Å². The summed E-state index contributed by atoms with van der Waals surface area (Å²) in [5.74, 6) is 0. The van der Waals surface area contributed by atoms with E-state index in [0.717, 1.165) is 0 Å². The molecule has 0 aliphatic carbocycles. The predicted molar refractivity (Wildman–Crippen MR) is 39.2 cm³/mol. The Morgan fingerprint density at radius 2 is 1.67 bits per heavy atom. The summed E-state index contributed by atoms with van der Waals surface area (Å²) in [7, 11) is 0. The van der Waals surface area contributed by atoms with E-state index in [1.54, 1.807) is 0 Å². The fourth-order valence-corrected chi connectivity index (χ4v) is 1.62. The summed E-state index contributed by atoms with van der Waals surface area (Å²) in [6.07, 6.45) is 0. The standard InChI is InChI=1S/C6H6SSe.Li/c7-8-6-4-2-1-3-5-6;/h1-5,7H;/q;+1/p-1. The van der Waals surface area contributed by atoms with Crippen LogP contribution in [-0.2, 0) is 11.0 Å². The SMILES string of the molecule is [Li+].[S-][Se]c1ccccc1. The second-order valence-electron chi connectivity index (χ2n) is 1.40. The second-order valence-corrected chi connectivity index (χ2v) is 3.60. The van der Waals surface area contributed by atoms with Crippen LogP contribution in [0.25, 0.3) is 0 Å². The van der Waals surface area contributed by atoms with E-state index >= 15 is 0 Å². The summed E-state index contributed by atoms with van der Waals surface area (Å²) in [6.45, 7) is 0. The number of benzene rings is 1. The van der Waals surface area contributed by atoms with E-state index in [-0.39, 0.29) is 32.7 Å². The third-order valence-corrected chi connectivity index (χ3v) is 2.81. The van der Waals surface area contributed by atoms with Crippen molar-refractivity contribution in [2.45, 2.75) is 0 Å². The average Bonchev–Trinajstić information content (AvgIpc) is 1.90. The molecule has 1 aromatic rings. The average molecular weight is 195 g/mol. The predicted octanol–water partition coefficient (Wildman–Crippen LogP) is -2.52. The molecule has 0 aliphatic heterocycles. The molecule has 0 nitrogen and oxygen atoms in total. The molecular formula is C6H5LiSSe. The molecule has 0 saturated heterocycles. The van der Waals surface area contributed by atoms with Crippen LogP contribution in [0.1, 0.15) is 0 Å². The van der Waals surface area contributed by atoms with Crippen molar-refractivity contribution in [2.24, 2.45) is 0 Å². The summed E-state index contributed by atoms with van der Waals surface area (Å²) >= 11 is 5.13. The summed E-state index contributed by atoms with van der Waals surface area (Å²) in [5.41, 5.74) is 0. The van der Waals surface area contributed by atoms with E-state index in [1.807, 2.05) is 18.2 Å². The van der Waals surface area contributed by atoms with Crippen molar-refractivity contribution in [3.63, 3.8) is 0 Å². The van der Waals surface area contributed by atoms with E-state index in [9.17, 15) is 0 Å². The summed E-state index contributed by atoms with van der Waals surface area (Å²) in [4.78, 5) is 0. The van der Waals surface area contributed by atoms with Gasteiger partial charge in [0.15, 0.2) is 0 Å². The third kappa shape index (κ3) is 3.40. The zero-order valence-corrected chi connectivity index (χ0v) is 7.73. The first-order chi connectivity index (χ1) is 3.93. The molecule has 0 fully saturated rings. The van der Waals surface area contributed by atoms with Crippen LogP contribution in [0.5, 0.6) is 0 Å². The van der Waals surface area contributed by atoms with Crippen molar-refractivity contribution in [1.29, 1.82) is 0 Å². The molecule has 42 valence electrons. The van der Waals surface area contributed by atoms with Gasteiger partial charge in [-0.3, -0.25) is 0 Å². The first-order valence-corrected chi connectivity index (χ1v) is 5.57. The van der Waals surface area contributed by atoms with Gasteiger partial charge in [0, 0.05) is 0 Å². The van der Waals surface area contributed by atoms with Crippen LogP contribution in [0, 0.1) is 0 Å². The zero-order chi connectivity index (χ0) is 5.82. The maximum atomic E-state index is 4.88. The molecule has 0 N–H and O–H groups in total. The van der Waals surface area contributed by atoms with E-state index in [0.29, 0.717) is 0 Å². The van der Waals surface area contributed by atoms with Gasteiger partial charge in [0.25, 0.3) is 0 Å². The van der Waals surface area contributed by atoms with Crippen molar-refractivity contribution in [1.82, 2.24) is 0 Å². The first-order valence-electron chi connectivity index (χ1n) is 2.28. The van der Waals surface area contributed by atoms with Gasteiger partial charge in [-0.15, -0.1) is 0 Å². The Morgan fingerprint density at radius 3 is 2.00 bits per heavy atom. The summed E-state index contributed by atoms with van der Waals surface area (Å²) in [6, 6.07) is 10.2. The Kier molecular flexibility index (Phi) is 5.89. The molecule has 0 amide bonds. The van der Waals surface area contributed by atoms with Gasteiger partial charge in [-0.05, 0) is 0 Å². The Labute approximate surface area is 78.2 Å². The van der Waals surface area contributed by atoms with Gasteiger partial charge in [-0.25, -0.2) is 0 Å². The molecule has 0 radical (unpaired) electrons. The van der Waals surface area contributed by atoms with Crippen LogP contribution in [0.4, 0.5) is 0 Å². The first kappa shape index (κ1) is 9.69. The third-order valence-electron chi connectivity index (χ3n) is 0.839. The van der Waals surface area contributed by atoms with Crippen molar-refractivity contribution < 1.29 is 18.9 Å². The minimum atomic E-state index is 0. The molecule has 1 aromatic carbocycles. The zero-order valence-electron chi connectivity index (χ0n) is 5.20. The fraction of sp³-hybridized carbons (Fsp3) is 0. The molecule has 0 aromatic heterocycles. The summed E-state index contributed by atoms with van der Waals surface area (Å²) < 4.78 is 1.29. The van der Waals surface area contributed by atoms with Crippen LogP contribution < -0.4 is 23.3 Å². The van der Waals surface area contributed by atoms with Gasteiger partial charge in [-0.2, -0.15) is 0 Å². The summed E-state index contributed by atoms with van der Waals surface area (Å²) in [5, 5.41) is 0. The van der Waals surface area contributed by atoms with E-state index in [1.165, 1.54) is 4.46 Å². The van der Waals surface area contributed by atoms with Gasteiger partial charge in [-0.1, -0.05) is 0 Å². The van der Waals surface area contributed by atoms with E-state index in [4.69, 9.17) is 11.0 Å². The van der Waals surface area contributed by atoms with Crippen molar-refractivity contribution >= 4 is 29.3 Å². The molecule has 0 heterocycles. The number of hydrogen-bond acceptors (Lipinski definition) is 1. The van der Waals surface area contributed by atoms with Crippen LogP contribution >= 0.6 is 0 Å². The van der Waals surface area contributed by atoms with Crippen LogP contribution in [0.3, 0.4) is 0 Å². The topological polar surface area (TPSA) is 0 Å². The maximum absolute atomic E-state index is 4.88.